The van der Waals surface area contributed by atoms with Crippen LogP contribution in [0.5, 0.6) is 0 Å². The lowest BCUT2D eigenvalue weighted by atomic mass is 9.98. The van der Waals surface area contributed by atoms with Crippen molar-refractivity contribution in [1.29, 1.82) is 0 Å². The second kappa shape index (κ2) is 8.10. The largest absolute Gasteiger partial charge is 0.378 e. The minimum atomic E-state index is -0.149. The summed E-state index contributed by atoms with van der Waals surface area (Å²) < 4.78 is 0. The molecule has 0 saturated carbocycles. The lowest BCUT2D eigenvalue weighted by Crippen LogP contribution is -2.27. The predicted molar refractivity (Wildman–Crippen MR) is 119 cm³/mol. The number of halogens is 1. The Morgan fingerprint density at radius 1 is 0.966 bits per heavy atom. The molecule has 0 fully saturated rings. The number of amides is 1. The first-order valence-electron chi connectivity index (χ1n) is 9.52. The minimum Gasteiger partial charge on any atom is -0.378 e. The smallest absolute Gasteiger partial charge is 0.274 e. The molecule has 0 spiro atoms. The van der Waals surface area contributed by atoms with Gasteiger partial charge in [0.15, 0.2) is 0 Å². The van der Waals surface area contributed by atoms with E-state index in [0.29, 0.717) is 17.0 Å². The Hall–Kier alpha value is -3.11. The van der Waals surface area contributed by atoms with Gasteiger partial charge in [-0.25, -0.2) is 5.01 Å². The third-order valence-corrected chi connectivity index (χ3v) is 5.36. The summed E-state index contributed by atoms with van der Waals surface area (Å²) in [7, 11) is 4.02. The van der Waals surface area contributed by atoms with Gasteiger partial charge in [-0.2, -0.15) is 5.10 Å². The first-order valence-corrected chi connectivity index (χ1v) is 9.90. The number of hydrogen-bond acceptors (Lipinski definition) is 3. The van der Waals surface area contributed by atoms with Crippen LogP contribution in [0.15, 0.2) is 84.0 Å². The Balaban J connectivity index is 1.70. The van der Waals surface area contributed by atoms with Crippen LogP contribution in [0, 0.1) is 0 Å². The topological polar surface area (TPSA) is 35.9 Å². The number of hydrazone groups is 1. The van der Waals surface area contributed by atoms with Crippen LogP contribution in [0.1, 0.15) is 33.9 Å². The zero-order chi connectivity index (χ0) is 20.4. The van der Waals surface area contributed by atoms with Gasteiger partial charge in [0.2, 0.25) is 0 Å². The van der Waals surface area contributed by atoms with Gasteiger partial charge in [-0.15, -0.1) is 0 Å². The van der Waals surface area contributed by atoms with Crippen molar-refractivity contribution in [3.05, 3.63) is 101 Å². The van der Waals surface area contributed by atoms with Crippen LogP contribution in [0.3, 0.4) is 0 Å². The monoisotopic (exact) mass is 403 g/mol. The van der Waals surface area contributed by atoms with Crippen molar-refractivity contribution in [2.24, 2.45) is 5.10 Å². The summed E-state index contributed by atoms with van der Waals surface area (Å²) >= 11 is 5.99. The molecule has 4 rings (SSSR count). The highest BCUT2D eigenvalue weighted by molar-refractivity contribution is 6.30. The maximum atomic E-state index is 13.3. The van der Waals surface area contributed by atoms with E-state index in [1.807, 2.05) is 44.4 Å². The van der Waals surface area contributed by atoms with Crippen molar-refractivity contribution < 1.29 is 4.79 Å². The molecule has 0 saturated heterocycles. The molecular formula is C24H22ClN3O. The summed E-state index contributed by atoms with van der Waals surface area (Å²) in [6.45, 7) is 0. The van der Waals surface area contributed by atoms with E-state index in [4.69, 9.17) is 16.7 Å². The second-order valence-electron chi connectivity index (χ2n) is 7.28. The maximum absolute atomic E-state index is 13.3. The van der Waals surface area contributed by atoms with Crippen molar-refractivity contribution in [2.45, 2.75) is 12.5 Å². The number of carbonyl (C=O) groups is 1. The fraction of sp³-hybridized carbons (Fsp3) is 0.167. The molecule has 1 atom stereocenters. The number of benzene rings is 3. The Kier molecular flexibility index (Phi) is 5.36. The van der Waals surface area contributed by atoms with E-state index >= 15 is 0 Å². The summed E-state index contributed by atoms with van der Waals surface area (Å²) in [5, 5.41) is 6.94. The first-order chi connectivity index (χ1) is 14.0. The van der Waals surface area contributed by atoms with Gasteiger partial charge in [0.1, 0.15) is 0 Å². The number of anilines is 1. The van der Waals surface area contributed by atoms with Gasteiger partial charge in [-0.1, -0.05) is 54.1 Å². The third kappa shape index (κ3) is 4.03. The average Bonchev–Trinajstić information content (AvgIpc) is 3.20. The molecule has 1 aliphatic heterocycles. The average molecular weight is 404 g/mol. The van der Waals surface area contributed by atoms with Crippen LogP contribution >= 0.6 is 11.6 Å². The summed E-state index contributed by atoms with van der Waals surface area (Å²) in [6.07, 6.45) is 0.671. The van der Waals surface area contributed by atoms with Crippen LogP contribution in [0.25, 0.3) is 0 Å². The van der Waals surface area contributed by atoms with E-state index in [1.54, 1.807) is 29.3 Å². The predicted octanol–water partition coefficient (Wildman–Crippen LogP) is 5.40. The molecule has 1 aliphatic rings. The molecule has 5 heteroatoms. The van der Waals surface area contributed by atoms with Gasteiger partial charge in [-0.05, 0) is 47.5 Å². The molecule has 0 radical (unpaired) electrons. The zero-order valence-corrected chi connectivity index (χ0v) is 17.2. The van der Waals surface area contributed by atoms with Crippen LogP contribution in [0.4, 0.5) is 5.69 Å². The molecule has 146 valence electrons. The number of carbonyl (C=O) groups excluding carboxylic acids is 1. The highest BCUT2D eigenvalue weighted by Crippen LogP contribution is 2.34. The minimum absolute atomic E-state index is 0.130. The standard InChI is InChI=1S/C24H22ClN3O/c1-27(2)21-14-10-18(11-15-21)23-16-22(17-6-4-3-5-7-17)26-28(23)24(29)19-8-12-20(25)13-9-19/h3-15,23H,16H2,1-2H3. The molecule has 0 bridgehead atoms. The molecule has 1 amide bonds. The van der Waals surface area contributed by atoms with E-state index in [9.17, 15) is 4.79 Å². The number of hydrogen-bond donors (Lipinski definition) is 0. The highest BCUT2D eigenvalue weighted by Gasteiger charge is 2.33. The van der Waals surface area contributed by atoms with Crippen molar-refractivity contribution in [3.63, 3.8) is 0 Å². The first kappa shape index (κ1) is 19.2. The van der Waals surface area contributed by atoms with Crippen LogP contribution in [-0.2, 0) is 0 Å². The second-order valence-corrected chi connectivity index (χ2v) is 7.71. The van der Waals surface area contributed by atoms with E-state index in [0.717, 1.165) is 22.5 Å². The lowest BCUT2D eigenvalue weighted by molar-refractivity contribution is 0.0711. The van der Waals surface area contributed by atoms with Gasteiger partial charge in [0.05, 0.1) is 11.8 Å². The van der Waals surface area contributed by atoms with Crippen molar-refractivity contribution in [1.82, 2.24) is 5.01 Å². The zero-order valence-electron chi connectivity index (χ0n) is 16.4. The molecule has 1 heterocycles. The van der Waals surface area contributed by atoms with E-state index < -0.39 is 0 Å². The van der Waals surface area contributed by atoms with E-state index in [2.05, 4.69) is 29.2 Å². The van der Waals surface area contributed by atoms with Gasteiger partial charge >= 0.3 is 0 Å². The Morgan fingerprint density at radius 3 is 2.24 bits per heavy atom. The lowest BCUT2D eigenvalue weighted by Gasteiger charge is -2.23. The number of nitrogens with zero attached hydrogens (tertiary/aromatic N) is 3. The third-order valence-electron chi connectivity index (χ3n) is 5.11. The Bertz CT molecular complexity index is 1030. The molecule has 0 aliphatic carbocycles. The van der Waals surface area contributed by atoms with Crippen LogP contribution in [-0.4, -0.2) is 30.7 Å². The molecule has 0 aromatic heterocycles. The quantitative estimate of drug-likeness (QED) is 0.584. The van der Waals surface area contributed by atoms with Gasteiger partial charge in [-0.3, -0.25) is 4.79 Å². The molecule has 4 nitrogen and oxygen atoms in total. The highest BCUT2D eigenvalue weighted by atomic mass is 35.5. The molecule has 0 N–H and O–H groups in total. The Morgan fingerprint density at radius 2 is 1.62 bits per heavy atom. The molecule has 1 unspecified atom stereocenters. The summed E-state index contributed by atoms with van der Waals surface area (Å²) in [6, 6.07) is 25.1. The van der Waals surface area contributed by atoms with Gasteiger partial charge in [0, 0.05) is 36.8 Å². The Labute approximate surface area is 176 Å². The van der Waals surface area contributed by atoms with Crippen LogP contribution in [0.2, 0.25) is 5.02 Å². The normalized spacial score (nSPS) is 15.9. The van der Waals surface area contributed by atoms with Crippen molar-refractivity contribution >= 4 is 28.9 Å². The number of rotatable bonds is 4. The molecular weight excluding hydrogens is 382 g/mol. The maximum Gasteiger partial charge on any atom is 0.274 e. The van der Waals surface area contributed by atoms with E-state index in [-0.39, 0.29) is 11.9 Å². The van der Waals surface area contributed by atoms with Crippen molar-refractivity contribution in [3.8, 4) is 0 Å². The summed E-state index contributed by atoms with van der Waals surface area (Å²) in [4.78, 5) is 15.3. The fourth-order valence-corrected chi connectivity index (χ4v) is 3.61. The van der Waals surface area contributed by atoms with Gasteiger partial charge in [0.25, 0.3) is 5.91 Å². The molecule has 3 aromatic carbocycles. The van der Waals surface area contributed by atoms with Gasteiger partial charge < -0.3 is 4.90 Å². The van der Waals surface area contributed by atoms with Crippen LogP contribution < -0.4 is 4.90 Å². The van der Waals surface area contributed by atoms with E-state index in [1.165, 1.54) is 0 Å². The summed E-state index contributed by atoms with van der Waals surface area (Å²) in [5.74, 6) is -0.130. The molecule has 29 heavy (non-hydrogen) atoms. The molecule has 3 aromatic rings. The SMILES string of the molecule is CN(C)c1ccc(C2CC(c3ccccc3)=NN2C(=O)c2ccc(Cl)cc2)cc1. The summed E-state index contributed by atoms with van der Waals surface area (Å²) in [5.41, 5.74) is 4.70. The fourth-order valence-electron chi connectivity index (χ4n) is 3.48. The van der Waals surface area contributed by atoms with Crippen molar-refractivity contribution in [2.75, 3.05) is 19.0 Å².